The second kappa shape index (κ2) is 50.5. The molecule has 11 aliphatic carbocycles. The highest BCUT2D eigenvalue weighted by atomic mass is 33.7. The lowest BCUT2D eigenvalue weighted by atomic mass is 9.99. The SMILES string of the molecule is CCO[Si](OCC)(OCC)C1(SSSSC2CCCCCCCCCC(SSSSC3([Si](OCC)(OCC)OCC)CC4CCC3C4)(SSSSC3([Si](OCC)(OCC)OCC)CC4CCC3C4)C2(SSSSC2([Si](OCC)(OCC)OCC)CC3CCC2C3)SSSSC2([Si](OCC)(OCC)OCC)CC3CCC2C3)CC2CCC1C2. The molecule has 11 rings (SSSR count). The Hall–Kier alpha value is 7.48. The summed E-state index contributed by atoms with van der Waals surface area (Å²) in [7, 11) is 25.7. The zero-order chi connectivity index (χ0) is 83.2. The van der Waals surface area contributed by atoms with Crippen LogP contribution in [0.2, 0.25) is 0 Å². The molecule has 0 aromatic rings. The second-order valence-electron chi connectivity index (χ2n) is 33.1. The van der Waals surface area contributed by atoms with Gasteiger partial charge in [0.15, 0.2) is 0 Å². The van der Waals surface area contributed by atoms with Crippen molar-refractivity contribution in [2.24, 2.45) is 59.2 Å². The Kier molecular flexibility index (Phi) is 45.3. The minimum Gasteiger partial charge on any atom is -0.373 e. The average Bonchev–Trinajstić information content (AvgIpc) is 1.52. The number of hydrogen-bond acceptors (Lipinski definition) is 35. The summed E-state index contributed by atoms with van der Waals surface area (Å²) in [6, 6.07) is 0. The lowest BCUT2D eigenvalue weighted by Crippen LogP contribution is -2.65. The van der Waals surface area contributed by atoms with Crippen molar-refractivity contribution in [3.8, 4) is 0 Å². The maximum Gasteiger partial charge on any atom is 0.519 e. The molecule has 0 N–H and O–H groups in total. The van der Waals surface area contributed by atoms with Crippen LogP contribution in [0.3, 0.4) is 0 Å². The van der Waals surface area contributed by atoms with Gasteiger partial charge in [-0.15, -0.1) is 0 Å². The van der Waals surface area contributed by atoms with Crippen LogP contribution in [0.15, 0.2) is 0 Å². The molecule has 0 aromatic heterocycles. The number of fused-ring (bicyclic) bond motifs is 10. The third kappa shape index (κ3) is 22.5. The molecule has 117 heavy (non-hydrogen) atoms. The lowest BCUT2D eigenvalue weighted by molar-refractivity contribution is 0.0494. The van der Waals surface area contributed by atoms with E-state index in [4.69, 9.17) is 66.4 Å². The highest BCUT2D eigenvalue weighted by Crippen LogP contribution is 2.81. The molecule has 10 bridgehead atoms. The zero-order valence-electron chi connectivity index (χ0n) is 72.8. The summed E-state index contributed by atoms with van der Waals surface area (Å²) in [5.74, 6) is 5.56. The zero-order valence-corrected chi connectivity index (χ0v) is 94.1. The van der Waals surface area contributed by atoms with Gasteiger partial charge in [0.1, 0.15) is 30.0 Å². The van der Waals surface area contributed by atoms with Gasteiger partial charge >= 0.3 is 44.0 Å². The minimum atomic E-state index is -3.30. The molecule has 11 fully saturated rings. The van der Waals surface area contributed by atoms with E-state index in [-0.39, 0.29) is 27.1 Å². The summed E-state index contributed by atoms with van der Waals surface area (Å²) in [5, 5.41) is 0.151. The van der Waals surface area contributed by atoms with Gasteiger partial charge in [-0.3, -0.25) is 0 Å². The quantitative estimate of drug-likeness (QED) is 0.0247. The van der Waals surface area contributed by atoms with Crippen LogP contribution in [0.5, 0.6) is 0 Å². The maximum absolute atomic E-state index is 7.19. The molecule has 0 aliphatic heterocycles. The molecular weight excluding hydrogens is 1950 g/mol. The molecule has 0 saturated heterocycles. The summed E-state index contributed by atoms with van der Waals surface area (Å²) in [6.45, 7) is 40.9. The Morgan fingerprint density at radius 1 is 0.222 bits per heavy atom. The first-order valence-corrected chi connectivity index (χ1v) is 77.8. The van der Waals surface area contributed by atoms with E-state index in [0.717, 1.165) is 57.8 Å². The molecule has 0 radical (unpaired) electrons. The second-order valence-corrected chi connectivity index (χ2v) is 81.1. The fourth-order valence-electron chi connectivity index (χ4n) is 22.8. The van der Waals surface area contributed by atoms with Gasteiger partial charge < -0.3 is 66.4 Å². The van der Waals surface area contributed by atoms with E-state index in [2.05, 4.69) is 261 Å². The van der Waals surface area contributed by atoms with E-state index in [0.29, 0.717) is 158 Å². The molecule has 11 saturated carbocycles. The van der Waals surface area contributed by atoms with Crippen LogP contribution in [-0.4, -0.2) is 178 Å². The van der Waals surface area contributed by atoms with Gasteiger partial charge in [-0.2, -0.15) is 0 Å². The molecule has 0 aromatic carbocycles. The van der Waals surface area contributed by atoms with Gasteiger partial charge in [0.25, 0.3) is 0 Å². The smallest absolute Gasteiger partial charge is 0.373 e. The van der Waals surface area contributed by atoms with Crippen LogP contribution >= 0.6 is 206 Å². The molecule has 40 heteroatoms. The maximum atomic E-state index is 7.19. The monoisotopic (exact) mass is 2090 g/mol. The fourth-order valence-corrected chi connectivity index (χ4v) is 101. The summed E-state index contributed by atoms with van der Waals surface area (Å²) in [4.78, 5) is 0. The van der Waals surface area contributed by atoms with E-state index >= 15 is 0 Å². The van der Waals surface area contributed by atoms with Crippen molar-refractivity contribution in [1.29, 1.82) is 0 Å². The van der Waals surface area contributed by atoms with Crippen LogP contribution in [0.25, 0.3) is 0 Å². The number of hydrogen-bond donors (Lipinski definition) is 0. The van der Waals surface area contributed by atoms with E-state index in [1.807, 2.05) is 49.1 Å². The van der Waals surface area contributed by atoms with E-state index < -0.39 is 52.2 Å². The third-order valence-corrected chi connectivity index (χ3v) is 92.4. The van der Waals surface area contributed by atoms with Crippen molar-refractivity contribution in [2.45, 2.75) is 325 Å². The molecule has 15 nitrogen and oxygen atoms in total. The largest absolute Gasteiger partial charge is 0.519 e. The van der Waals surface area contributed by atoms with Crippen molar-refractivity contribution in [1.82, 2.24) is 0 Å². The topological polar surface area (TPSA) is 138 Å². The molecular formula is C77H144O15S20Si5. The average molecular weight is 2090 g/mol. The fraction of sp³-hybridized carbons (Fsp3) is 1.00. The molecule has 16 unspecified atom stereocenters. The first-order chi connectivity index (χ1) is 57.0. The summed E-state index contributed by atoms with van der Waals surface area (Å²) in [5.41, 5.74) is 0. The van der Waals surface area contributed by atoms with Crippen molar-refractivity contribution >= 4 is 250 Å². The van der Waals surface area contributed by atoms with Crippen LogP contribution in [0.1, 0.15) is 290 Å². The first kappa shape index (κ1) is 105. The predicted octanol–water partition coefficient (Wildman–Crippen LogP) is 29.4. The highest BCUT2D eigenvalue weighted by molar-refractivity contribution is 9.31. The van der Waals surface area contributed by atoms with Gasteiger partial charge in [-0.1, -0.05) is 185 Å². The summed E-state index contributed by atoms with van der Waals surface area (Å²) >= 11 is 0. The van der Waals surface area contributed by atoms with E-state index in [9.17, 15) is 0 Å². The molecule has 11 aliphatic rings. The molecule has 682 valence electrons. The minimum absolute atomic E-state index is 0.151. The van der Waals surface area contributed by atoms with Gasteiger partial charge in [0.2, 0.25) is 0 Å². The van der Waals surface area contributed by atoms with Gasteiger partial charge in [-0.25, -0.2) is 0 Å². The van der Waals surface area contributed by atoms with E-state index in [1.54, 1.807) is 0 Å². The highest BCUT2D eigenvalue weighted by Gasteiger charge is 2.76. The van der Waals surface area contributed by atoms with Crippen LogP contribution in [-0.2, 0) is 66.4 Å². The van der Waals surface area contributed by atoms with Crippen molar-refractivity contribution in [3.63, 3.8) is 0 Å². The Bertz CT molecular complexity index is 2700. The molecule has 0 heterocycles. The van der Waals surface area contributed by atoms with Crippen molar-refractivity contribution in [2.75, 3.05) is 99.1 Å². The molecule has 0 amide bonds. The summed E-state index contributed by atoms with van der Waals surface area (Å²) in [6.07, 6.45) is 34.4. The number of rotatable bonds is 60. The summed E-state index contributed by atoms with van der Waals surface area (Å²) < 4.78 is 105. The normalized spacial score (nSPS) is 35.2. The Balaban J connectivity index is 1.09. The van der Waals surface area contributed by atoms with Crippen LogP contribution in [0, 0.1) is 59.2 Å². The van der Waals surface area contributed by atoms with E-state index in [1.165, 1.54) is 128 Å². The van der Waals surface area contributed by atoms with Gasteiger partial charge in [-0.05, 0) is 370 Å². The standard InChI is InChI=1S/C77H144O15S20Si5/c1-16-78-113(79-17-2,80-18-3)71(55-60-39-44-65(71)50-60)94-104-103-93-70-38-36-34-32-31-33-35-37-49-76(99-109-105-95-72(56-61-40-45-66(72)51-61)114(81-19-4,82-20-5)83-21-6,100-110-106-96-73(57-62-41-46-67(73)52-62)115(84-22-7,85-23-8)86-24-9)77(70,101-111-107-97-74(58-63-42-47-68(74)53-63)116(87-25-10,88-26-11)89-27-12)102-112-108-98-75(59-64-43-48-69(75)54-64)117(90-28-13,91-29-14)92-30-15/h60-70H,16-59H2,1-15H3. The predicted molar refractivity (Wildman–Crippen MR) is 547 cm³/mol. The van der Waals surface area contributed by atoms with Gasteiger partial charge in [0.05, 0.1) is 0 Å². The molecule has 0 spiro atoms. The van der Waals surface area contributed by atoms with Gasteiger partial charge in [0, 0.05) is 104 Å². The Morgan fingerprint density at radius 3 is 0.641 bits per heavy atom. The van der Waals surface area contributed by atoms with Crippen LogP contribution < -0.4 is 0 Å². The third-order valence-electron chi connectivity index (χ3n) is 26.9. The van der Waals surface area contributed by atoms with Crippen molar-refractivity contribution in [3.05, 3.63) is 0 Å². The van der Waals surface area contributed by atoms with Crippen molar-refractivity contribution < 1.29 is 66.4 Å². The Morgan fingerprint density at radius 2 is 0.427 bits per heavy atom. The molecule has 16 atom stereocenters. The Labute approximate surface area is 790 Å². The first-order valence-electron chi connectivity index (χ1n) is 45.0. The van der Waals surface area contributed by atoms with Crippen LogP contribution in [0.4, 0.5) is 0 Å². The lowest BCUT2D eigenvalue weighted by Gasteiger charge is -2.51.